The Bertz CT molecular complexity index is 689. The van der Waals surface area contributed by atoms with Gasteiger partial charge < -0.3 is 25.2 Å². The van der Waals surface area contributed by atoms with Crippen LogP contribution < -0.4 is 10.6 Å². The molecule has 0 aliphatic carbocycles. The Morgan fingerprint density at radius 1 is 1.38 bits per heavy atom. The molecule has 10 heteroatoms. The lowest BCUT2D eigenvalue weighted by atomic mass is 10.2. The number of nitrogens with one attached hydrogen (secondary N) is 2. The fourth-order valence-electron chi connectivity index (χ4n) is 2.68. The van der Waals surface area contributed by atoms with Crippen molar-refractivity contribution >= 4 is 53.3 Å². The maximum atomic E-state index is 12.0. The smallest absolute Gasteiger partial charge is 0.407 e. The quantitative estimate of drug-likeness (QED) is 0.343. The van der Waals surface area contributed by atoms with Crippen LogP contribution >= 0.6 is 35.3 Å². The van der Waals surface area contributed by atoms with Crippen LogP contribution in [0.4, 0.5) is 4.79 Å². The highest BCUT2D eigenvalue weighted by molar-refractivity contribution is 14.0. The molecule has 8 nitrogen and oxygen atoms in total. The number of likely N-dealkylation sites (N-methyl/N-ethyl adjacent to an activating group) is 1. The van der Waals surface area contributed by atoms with Crippen LogP contribution in [0, 0.1) is 0 Å². The average Bonchev–Trinajstić information content (AvgIpc) is 3.24. The molecule has 0 saturated carbocycles. The molecule has 1 fully saturated rings. The molecule has 0 spiro atoms. The number of nitrogens with zero attached hydrogens (tertiary/aromatic N) is 3. The Kier molecular flexibility index (Phi) is 10.2. The number of hydrogen-bond donors (Lipinski definition) is 2. The summed E-state index contributed by atoms with van der Waals surface area (Å²) in [5.74, 6) is 0.620. The van der Waals surface area contributed by atoms with Gasteiger partial charge in [-0.2, -0.15) is 0 Å². The van der Waals surface area contributed by atoms with Gasteiger partial charge in [0.05, 0.1) is 12.6 Å². The molecular formula is C19H32IN5O3S. The molecule has 2 amide bonds. The van der Waals surface area contributed by atoms with Crippen LogP contribution in [0.15, 0.2) is 22.5 Å². The second kappa shape index (κ2) is 11.6. The molecule has 0 radical (unpaired) electrons. The summed E-state index contributed by atoms with van der Waals surface area (Å²) in [4.78, 5) is 33.2. The number of guanidine groups is 1. The second-order valence-electron chi connectivity index (χ2n) is 7.94. The third kappa shape index (κ3) is 9.20. The SMILES string of the molecule is CN(C)C(=O)CN=C(NCc1cccs1)N1CCC(NC(=O)OC(C)(C)C)C1.I. The molecule has 2 heterocycles. The first kappa shape index (κ1) is 25.5. The second-order valence-corrected chi connectivity index (χ2v) is 8.97. The van der Waals surface area contributed by atoms with Gasteiger partial charge in [-0.05, 0) is 38.6 Å². The highest BCUT2D eigenvalue weighted by Gasteiger charge is 2.28. The van der Waals surface area contributed by atoms with Crippen LogP contribution in [0.25, 0.3) is 0 Å². The Morgan fingerprint density at radius 2 is 2.10 bits per heavy atom. The molecule has 1 aliphatic heterocycles. The first-order valence-electron chi connectivity index (χ1n) is 9.39. The molecule has 1 saturated heterocycles. The number of carbonyl (C=O) groups is 2. The van der Waals surface area contributed by atoms with Gasteiger partial charge in [0.2, 0.25) is 5.91 Å². The first-order chi connectivity index (χ1) is 13.1. The minimum absolute atomic E-state index is 0. The number of ether oxygens (including phenoxy) is 1. The third-order valence-electron chi connectivity index (χ3n) is 4.07. The molecule has 1 atom stereocenters. The summed E-state index contributed by atoms with van der Waals surface area (Å²) in [7, 11) is 3.43. The summed E-state index contributed by atoms with van der Waals surface area (Å²) in [6.45, 7) is 7.62. The van der Waals surface area contributed by atoms with Crippen LogP contribution in [-0.2, 0) is 16.1 Å². The lowest BCUT2D eigenvalue weighted by Crippen LogP contribution is -2.44. The van der Waals surface area contributed by atoms with E-state index in [1.54, 1.807) is 25.4 Å². The fraction of sp³-hybridized carbons (Fsp3) is 0.632. The Labute approximate surface area is 194 Å². The summed E-state index contributed by atoms with van der Waals surface area (Å²) in [6.07, 6.45) is 0.382. The topological polar surface area (TPSA) is 86.3 Å². The van der Waals surface area contributed by atoms with E-state index in [2.05, 4.69) is 26.6 Å². The van der Waals surface area contributed by atoms with Crippen molar-refractivity contribution in [2.75, 3.05) is 33.7 Å². The van der Waals surface area contributed by atoms with Crippen LogP contribution in [-0.4, -0.2) is 73.1 Å². The number of amides is 2. The monoisotopic (exact) mass is 537 g/mol. The predicted octanol–water partition coefficient (Wildman–Crippen LogP) is 2.50. The van der Waals surface area contributed by atoms with Crippen molar-refractivity contribution in [2.45, 2.75) is 45.4 Å². The third-order valence-corrected chi connectivity index (χ3v) is 4.95. The normalized spacial score (nSPS) is 16.8. The van der Waals surface area contributed by atoms with Gasteiger partial charge in [-0.3, -0.25) is 4.79 Å². The summed E-state index contributed by atoms with van der Waals surface area (Å²) < 4.78 is 5.33. The number of rotatable bonds is 5. The highest BCUT2D eigenvalue weighted by atomic mass is 127. The van der Waals surface area contributed by atoms with Crippen LogP contribution in [0.2, 0.25) is 0 Å². The zero-order valence-corrected chi connectivity index (χ0v) is 20.9. The number of likely N-dealkylation sites (tertiary alicyclic amines) is 1. The minimum atomic E-state index is -0.524. The largest absolute Gasteiger partial charge is 0.444 e. The standard InChI is InChI=1S/C19H31N5O3S.HI/c1-19(2,3)27-18(26)22-14-8-9-24(13-14)17(21-12-16(25)23(4)5)20-11-15-7-6-10-28-15;/h6-7,10,14H,8-9,11-13H2,1-5H3,(H,20,21)(H,22,26);1H. The van der Waals surface area contributed by atoms with E-state index in [0.29, 0.717) is 19.0 Å². The molecule has 29 heavy (non-hydrogen) atoms. The minimum Gasteiger partial charge on any atom is -0.444 e. The number of aliphatic imine (C=N–C) groups is 1. The number of hydrogen-bond acceptors (Lipinski definition) is 5. The maximum Gasteiger partial charge on any atom is 0.407 e. The Balaban J connectivity index is 0.00000420. The van der Waals surface area contributed by atoms with Crippen LogP contribution in [0.5, 0.6) is 0 Å². The molecule has 2 N–H and O–H groups in total. The zero-order valence-electron chi connectivity index (χ0n) is 17.7. The molecule has 164 valence electrons. The lowest BCUT2D eigenvalue weighted by Gasteiger charge is -2.23. The Hall–Kier alpha value is -1.56. The van der Waals surface area contributed by atoms with Crippen molar-refractivity contribution in [2.24, 2.45) is 4.99 Å². The van der Waals surface area contributed by atoms with Crippen molar-refractivity contribution in [3.8, 4) is 0 Å². The average molecular weight is 537 g/mol. The molecule has 0 aromatic carbocycles. The van der Waals surface area contributed by atoms with E-state index in [1.165, 1.54) is 9.78 Å². The van der Waals surface area contributed by atoms with Crippen LogP contribution in [0.3, 0.4) is 0 Å². The maximum absolute atomic E-state index is 12.0. The lowest BCUT2D eigenvalue weighted by molar-refractivity contribution is -0.127. The summed E-state index contributed by atoms with van der Waals surface area (Å²) in [5.41, 5.74) is -0.524. The molecule has 1 aliphatic rings. The van der Waals surface area contributed by atoms with Gasteiger partial charge in [-0.25, -0.2) is 9.79 Å². The van der Waals surface area contributed by atoms with Gasteiger partial charge in [-0.1, -0.05) is 6.07 Å². The van der Waals surface area contributed by atoms with E-state index in [0.717, 1.165) is 13.0 Å². The summed E-state index contributed by atoms with van der Waals surface area (Å²) in [6, 6.07) is 4.04. The summed E-state index contributed by atoms with van der Waals surface area (Å²) >= 11 is 1.67. The van der Waals surface area contributed by atoms with Crippen molar-refractivity contribution in [3.63, 3.8) is 0 Å². The molecule has 1 aromatic heterocycles. The first-order valence-corrected chi connectivity index (χ1v) is 10.3. The van der Waals surface area contributed by atoms with E-state index in [-0.39, 0.29) is 42.5 Å². The van der Waals surface area contributed by atoms with Crippen molar-refractivity contribution in [3.05, 3.63) is 22.4 Å². The van der Waals surface area contributed by atoms with Crippen molar-refractivity contribution < 1.29 is 14.3 Å². The van der Waals surface area contributed by atoms with Crippen molar-refractivity contribution in [1.29, 1.82) is 0 Å². The number of halogens is 1. The molecule has 2 rings (SSSR count). The predicted molar refractivity (Wildman–Crippen MR) is 127 cm³/mol. The number of alkyl carbamates (subject to hydrolysis) is 1. The van der Waals surface area contributed by atoms with E-state index in [9.17, 15) is 9.59 Å². The van der Waals surface area contributed by atoms with E-state index < -0.39 is 11.7 Å². The summed E-state index contributed by atoms with van der Waals surface area (Å²) in [5, 5.41) is 8.28. The van der Waals surface area contributed by atoms with Crippen molar-refractivity contribution in [1.82, 2.24) is 20.4 Å². The van der Waals surface area contributed by atoms with Gasteiger partial charge >= 0.3 is 6.09 Å². The van der Waals surface area contributed by atoms with E-state index in [4.69, 9.17) is 4.74 Å². The molecular weight excluding hydrogens is 505 g/mol. The molecule has 0 bridgehead atoms. The van der Waals surface area contributed by atoms with Gasteiger partial charge in [0, 0.05) is 32.1 Å². The van der Waals surface area contributed by atoms with E-state index in [1.807, 2.05) is 32.2 Å². The fourth-order valence-corrected chi connectivity index (χ4v) is 3.32. The molecule has 1 aromatic rings. The number of thiophene rings is 1. The Morgan fingerprint density at radius 3 is 2.69 bits per heavy atom. The van der Waals surface area contributed by atoms with Gasteiger partial charge in [0.1, 0.15) is 12.1 Å². The zero-order chi connectivity index (χ0) is 20.7. The van der Waals surface area contributed by atoms with Crippen LogP contribution in [0.1, 0.15) is 32.1 Å². The van der Waals surface area contributed by atoms with Gasteiger partial charge in [0.25, 0.3) is 0 Å². The van der Waals surface area contributed by atoms with Gasteiger partial charge in [-0.15, -0.1) is 35.3 Å². The highest BCUT2D eigenvalue weighted by Crippen LogP contribution is 2.13. The number of carbonyl (C=O) groups excluding carboxylic acids is 2. The van der Waals surface area contributed by atoms with Gasteiger partial charge in [0.15, 0.2) is 5.96 Å². The molecule has 1 unspecified atom stereocenters. The van der Waals surface area contributed by atoms with E-state index >= 15 is 0 Å².